The van der Waals surface area contributed by atoms with E-state index in [-0.39, 0.29) is 17.8 Å². The van der Waals surface area contributed by atoms with E-state index in [1.807, 2.05) is 56.9 Å². The molecule has 1 fully saturated rings. The van der Waals surface area contributed by atoms with Crippen LogP contribution in [0.4, 0.5) is 5.69 Å². The van der Waals surface area contributed by atoms with Crippen molar-refractivity contribution in [2.45, 2.75) is 38.9 Å². The molecule has 0 aromatic heterocycles. The maximum absolute atomic E-state index is 11.1. The van der Waals surface area contributed by atoms with Crippen molar-refractivity contribution in [2.24, 2.45) is 0 Å². The summed E-state index contributed by atoms with van der Waals surface area (Å²) in [7, 11) is -3.86. The van der Waals surface area contributed by atoms with E-state index in [9.17, 15) is 8.42 Å². The van der Waals surface area contributed by atoms with Crippen molar-refractivity contribution in [1.29, 1.82) is 0 Å². The molecule has 1 saturated heterocycles. The van der Waals surface area contributed by atoms with E-state index in [2.05, 4.69) is 0 Å². The smallest absolute Gasteiger partial charge is 0.399 e. The number of nitrogens with zero attached hydrogens (tertiary/aromatic N) is 1. The summed E-state index contributed by atoms with van der Waals surface area (Å²) in [5.41, 5.74) is 1.10. The lowest BCUT2D eigenvalue weighted by Crippen LogP contribution is -2.41. The van der Waals surface area contributed by atoms with Gasteiger partial charge in [-0.25, -0.2) is 0 Å². The quantitative estimate of drug-likeness (QED) is 0.376. The third-order valence-electron chi connectivity index (χ3n) is 4.80. The molecule has 0 N–H and O–H groups in total. The first-order valence-corrected chi connectivity index (χ1v) is 10.9. The molecule has 0 unspecified atom stereocenters. The van der Waals surface area contributed by atoms with Crippen LogP contribution < -0.4 is 10.4 Å². The third kappa shape index (κ3) is 5.36. The number of anilines is 1. The second kappa shape index (κ2) is 8.06. The van der Waals surface area contributed by atoms with Gasteiger partial charge in [0.05, 0.1) is 24.1 Å². The maximum Gasteiger partial charge on any atom is 0.494 e. The Labute approximate surface area is 162 Å². The maximum atomic E-state index is 11.1. The van der Waals surface area contributed by atoms with Crippen LogP contribution in [0.25, 0.3) is 0 Å². The van der Waals surface area contributed by atoms with Crippen molar-refractivity contribution in [1.82, 2.24) is 0 Å². The molecule has 0 saturated carbocycles. The minimum Gasteiger partial charge on any atom is -0.399 e. The molecule has 0 atom stereocenters. The fourth-order valence-corrected chi connectivity index (χ4v) is 3.17. The Kier molecular flexibility index (Phi) is 6.67. The topological polar surface area (TPSA) is 65.1 Å². The summed E-state index contributed by atoms with van der Waals surface area (Å²) in [6.45, 7) is 9.17. The molecular formula is C17H27BClNO5S. The number of rotatable bonds is 8. The van der Waals surface area contributed by atoms with Crippen molar-refractivity contribution in [3.8, 4) is 0 Å². The minimum absolute atomic E-state index is 0.0781. The normalized spacial score (nSPS) is 18.9. The first-order chi connectivity index (χ1) is 12.0. The van der Waals surface area contributed by atoms with Gasteiger partial charge in [-0.1, -0.05) is 12.1 Å². The Morgan fingerprint density at radius 1 is 1.08 bits per heavy atom. The second-order valence-electron chi connectivity index (χ2n) is 7.38. The molecule has 1 heterocycles. The van der Waals surface area contributed by atoms with Gasteiger partial charge in [-0.2, -0.15) is 8.42 Å². The Morgan fingerprint density at radius 2 is 1.62 bits per heavy atom. The van der Waals surface area contributed by atoms with Crippen LogP contribution in [-0.2, 0) is 23.6 Å². The predicted octanol–water partition coefficient (Wildman–Crippen LogP) is 2.01. The third-order valence-corrected chi connectivity index (χ3v) is 5.56. The van der Waals surface area contributed by atoms with E-state index >= 15 is 0 Å². The SMILES string of the molecule is CC1(C)OB(c2ccc(N(CCCl)CCOS(C)(=O)=O)cc2)OC1(C)C. The van der Waals surface area contributed by atoms with Gasteiger partial charge >= 0.3 is 7.12 Å². The van der Waals surface area contributed by atoms with Crippen LogP contribution in [0.1, 0.15) is 27.7 Å². The monoisotopic (exact) mass is 403 g/mol. The molecule has 0 spiro atoms. The summed E-state index contributed by atoms with van der Waals surface area (Å²) in [6.07, 6.45) is 1.04. The summed E-state index contributed by atoms with van der Waals surface area (Å²) in [5, 5.41) is 0. The molecule has 0 amide bonds. The van der Waals surface area contributed by atoms with Gasteiger partial charge in [-0.05, 0) is 45.3 Å². The first-order valence-electron chi connectivity index (χ1n) is 8.56. The lowest BCUT2D eigenvalue weighted by Gasteiger charge is -2.32. The van der Waals surface area contributed by atoms with E-state index in [1.54, 1.807) is 0 Å². The van der Waals surface area contributed by atoms with Crippen LogP contribution >= 0.6 is 11.6 Å². The van der Waals surface area contributed by atoms with Crippen LogP contribution in [-0.4, -0.2) is 58.6 Å². The molecule has 6 nitrogen and oxygen atoms in total. The lowest BCUT2D eigenvalue weighted by atomic mass is 9.79. The summed E-state index contributed by atoms with van der Waals surface area (Å²) >= 11 is 5.87. The molecular weight excluding hydrogens is 377 g/mol. The molecule has 0 aliphatic carbocycles. The molecule has 1 aromatic carbocycles. The van der Waals surface area contributed by atoms with E-state index in [1.165, 1.54) is 0 Å². The lowest BCUT2D eigenvalue weighted by molar-refractivity contribution is 0.00578. The number of hydrogen-bond donors (Lipinski definition) is 0. The van der Waals surface area contributed by atoms with E-state index in [4.69, 9.17) is 25.1 Å². The van der Waals surface area contributed by atoms with Crippen LogP contribution in [0, 0.1) is 0 Å². The Balaban J connectivity index is 2.06. The van der Waals surface area contributed by atoms with Gasteiger partial charge in [0.15, 0.2) is 0 Å². The van der Waals surface area contributed by atoms with Crippen molar-refractivity contribution in [3.05, 3.63) is 24.3 Å². The fourth-order valence-electron chi connectivity index (χ4n) is 2.59. The van der Waals surface area contributed by atoms with Gasteiger partial charge in [-0.15, -0.1) is 11.6 Å². The average molecular weight is 404 g/mol. The van der Waals surface area contributed by atoms with E-state index < -0.39 is 17.2 Å². The zero-order valence-corrected chi connectivity index (χ0v) is 17.6. The van der Waals surface area contributed by atoms with Crippen LogP contribution in [0.15, 0.2) is 24.3 Å². The molecule has 2 rings (SSSR count). The molecule has 26 heavy (non-hydrogen) atoms. The second-order valence-corrected chi connectivity index (χ2v) is 9.40. The van der Waals surface area contributed by atoms with Crippen molar-refractivity contribution < 1.29 is 21.9 Å². The predicted molar refractivity (Wildman–Crippen MR) is 106 cm³/mol. The van der Waals surface area contributed by atoms with Gasteiger partial charge < -0.3 is 14.2 Å². The molecule has 9 heteroatoms. The highest BCUT2D eigenvalue weighted by Crippen LogP contribution is 2.36. The van der Waals surface area contributed by atoms with Gasteiger partial charge in [-0.3, -0.25) is 4.18 Å². The largest absolute Gasteiger partial charge is 0.494 e. The van der Waals surface area contributed by atoms with Gasteiger partial charge in [0.1, 0.15) is 0 Å². The number of benzene rings is 1. The molecule has 0 radical (unpaired) electrons. The van der Waals surface area contributed by atoms with Crippen molar-refractivity contribution in [2.75, 3.05) is 36.7 Å². The molecule has 0 bridgehead atoms. The fraction of sp³-hybridized carbons (Fsp3) is 0.647. The number of halogens is 1. The Morgan fingerprint density at radius 3 is 2.08 bits per heavy atom. The Bertz CT molecular complexity index is 692. The first kappa shape index (κ1) is 21.5. The van der Waals surface area contributed by atoms with Gasteiger partial charge in [0, 0.05) is 24.7 Å². The van der Waals surface area contributed by atoms with Crippen LogP contribution in [0.5, 0.6) is 0 Å². The van der Waals surface area contributed by atoms with Crippen molar-refractivity contribution in [3.63, 3.8) is 0 Å². The van der Waals surface area contributed by atoms with E-state index in [0.717, 1.165) is 17.4 Å². The molecule has 1 aliphatic rings. The van der Waals surface area contributed by atoms with Gasteiger partial charge in [0.25, 0.3) is 10.1 Å². The molecule has 1 aromatic rings. The summed E-state index contributed by atoms with van der Waals surface area (Å²) in [6, 6.07) is 7.81. The summed E-state index contributed by atoms with van der Waals surface area (Å²) < 4.78 is 39.2. The van der Waals surface area contributed by atoms with Gasteiger partial charge in [0.2, 0.25) is 0 Å². The van der Waals surface area contributed by atoms with Crippen LogP contribution in [0.3, 0.4) is 0 Å². The Hall–Kier alpha value is -0.795. The highest BCUT2D eigenvalue weighted by atomic mass is 35.5. The van der Waals surface area contributed by atoms with Crippen molar-refractivity contribution >= 4 is 40.0 Å². The number of hydrogen-bond acceptors (Lipinski definition) is 6. The standard InChI is InChI=1S/C17H27BClNO5S/c1-16(2)17(3,4)25-18(24-16)14-6-8-15(9-7-14)20(11-10-19)12-13-23-26(5,21)22/h6-9H,10-13H2,1-5H3. The van der Waals surface area contributed by atoms with E-state index in [0.29, 0.717) is 19.0 Å². The zero-order valence-electron chi connectivity index (χ0n) is 16.0. The average Bonchev–Trinajstić information content (AvgIpc) is 2.74. The minimum atomic E-state index is -3.45. The highest BCUT2D eigenvalue weighted by molar-refractivity contribution is 7.85. The number of alkyl halides is 1. The molecule has 1 aliphatic heterocycles. The zero-order chi connectivity index (χ0) is 19.6. The molecule has 146 valence electrons. The summed E-state index contributed by atoms with van der Waals surface area (Å²) in [4.78, 5) is 1.98. The van der Waals surface area contributed by atoms with Crippen LogP contribution in [0.2, 0.25) is 0 Å². The summed E-state index contributed by atoms with van der Waals surface area (Å²) in [5.74, 6) is 0.428. The highest BCUT2D eigenvalue weighted by Gasteiger charge is 2.51.